The highest BCUT2D eigenvalue weighted by molar-refractivity contribution is 7.20. The maximum absolute atomic E-state index is 14.2. The number of aromatic nitrogens is 1. The van der Waals surface area contributed by atoms with Crippen LogP contribution in [0.2, 0.25) is 0 Å². The van der Waals surface area contributed by atoms with Crippen LogP contribution < -0.4 is 26.4 Å². The largest absolute Gasteiger partial charge is 0.456 e. The fraction of sp³-hybridized carbons (Fsp3) is 0.241. The van der Waals surface area contributed by atoms with Crippen LogP contribution >= 0.6 is 0 Å². The number of esters is 1. The molecule has 0 spiro atoms. The molecule has 444 valence electrons. The summed E-state index contributed by atoms with van der Waals surface area (Å²) in [6.07, 6.45) is -50.9. The van der Waals surface area contributed by atoms with Gasteiger partial charge in [-0.2, -0.15) is 132 Å². The van der Waals surface area contributed by atoms with Crippen LogP contribution in [0.15, 0.2) is 140 Å². The second kappa shape index (κ2) is 22.1. The Morgan fingerprint density at radius 1 is 0.373 bits per heavy atom. The Morgan fingerprint density at radius 3 is 0.904 bits per heavy atom. The third kappa shape index (κ3) is 15.3. The number of benzene rings is 6. The molecule has 0 N–H and O–H groups in total. The summed E-state index contributed by atoms with van der Waals surface area (Å²) in [7, 11) is 0. The minimum atomic E-state index is -6.13. The van der Waals surface area contributed by atoms with Crippen molar-refractivity contribution in [2.24, 2.45) is 0 Å². The average Bonchev–Trinajstić information content (AvgIpc) is 3.55. The Morgan fingerprint density at radius 2 is 0.639 bits per heavy atom. The molecule has 0 radical (unpaired) electrons. The number of alkyl halides is 24. The molecular formula is C54H34BF24NO3. The van der Waals surface area contributed by atoms with E-state index in [4.69, 9.17) is 4.74 Å². The van der Waals surface area contributed by atoms with E-state index >= 15 is 0 Å². The van der Waals surface area contributed by atoms with Gasteiger partial charge in [0.05, 0.1) is 50.1 Å². The zero-order valence-corrected chi connectivity index (χ0v) is 41.8. The van der Waals surface area contributed by atoms with Gasteiger partial charge in [-0.1, -0.05) is 78.9 Å². The maximum atomic E-state index is 14.2. The first kappa shape index (κ1) is 64.4. The van der Waals surface area contributed by atoms with Gasteiger partial charge in [0.1, 0.15) is 11.7 Å². The van der Waals surface area contributed by atoms with Gasteiger partial charge in [-0.25, -0.2) is 4.79 Å². The van der Waals surface area contributed by atoms with Crippen LogP contribution in [0.25, 0.3) is 10.8 Å². The van der Waals surface area contributed by atoms with Crippen LogP contribution in [0.1, 0.15) is 86.0 Å². The van der Waals surface area contributed by atoms with E-state index in [1.165, 1.54) is 0 Å². The molecular weight excluding hydrogens is 1180 g/mol. The van der Waals surface area contributed by atoms with Crippen molar-refractivity contribution in [2.75, 3.05) is 0 Å². The molecule has 7 rings (SSSR count). The number of fused-ring (bicyclic) bond motifs is 1. The van der Waals surface area contributed by atoms with Crippen molar-refractivity contribution in [3.8, 4) is 0 Å². The van der Waals surface area contributed by atoms with E-state index in [0.29, 0.717) is 11.1 Å². The quantitative estimate of drug-likeness (QED) is 0.0501. The smallest absolute Gasteiger partial charge is 0.416 e. The molecule has 0 aliphatic heterocycles. The van der Waals surface area contributed by atoms with Gasteiger partial charge in [-0.15, -0.1) is 0 Å². The Labute approximate surface area is 451 Å². The van der Waals surface area contributed by atoms with Crippen LogP contribution in [0, 0.1) is 0 Å². The number of carbonyl (C=O) groups excluding carboxylic acids is 2. The predicted octanol–water partition coefficient (Wildman–Crippen LogP) is 15.2. The molecule has 0 atom stereocenters. The second-order valence-electron chi connectivity index (χ2n) is 19.5. The summed E-state index contributed by atoms with van der Waals surface area (Å²) in [4.78, 5) is 24.6. The number of pyridine rings is 1. The van der Waals surface area contributed by atoms with Gasteiger partial charge in [-0.3, -0.25) is 4.79 Å². The minimum Gasteiger partial charge on any atom is -0.456 e. The monoisotopic (exact) mass is 1210 g/mol. The average molecular weight is 1210 g/mol. The number of hydrogen-bond donors (Lipinski definition) is 0. The summed E-state index contributed by atoms with van der Waals surface area (Å²) < 4.78 is 348. The molecule has 0 aliphatic carbocycles. The first-order chi connectivity index (χ1) is 37.6. The van der Waals surface area contributed by atoms with Crippen molar-refractivity contribution >= 4 is 50.5 Å². The molecule has 0 bridgehead atoms. The van der Waals surface area contributed by atoms with Gasteiger partial charge in [0.25, 0.3) is 0 Å². The molecule has 7 aromatic rings. The lowest BCUT2D eigenvalue weighted by molar-refractivity contribution is -0.681. The van der Waals surface area contributed by atoms with Crippen LogP contribution in [0.3, 0.4) is 0 Å². The van der Waals surface area contributed by atoms with Crippen LogP contribution in [0.4, 0.5) is 105 Å². The van der Waals surface area contributed by atoms with E-state index in [2.05, 4.69) is 0 Å². The summed E-state index contributed by atoms with van der Waals surface area (Å²) in [5.41, 5.74) is -29.7. The molecule has 0 unspecified atom stereocenters. The van der Waals surface area contributed by atoms with Gasteiger partial charge < -0.3 is 4.74 Å². The van der Waals surface area contributed by atoms with Crippen molar-refractivity contribution in [3.05, 3.63) is 195 Å². The van der Waals surface area contributed by atoms with E-state index < -0.39 is 200 Å². The molecule has 6 aromatic carbocycles. The summed E-state index contributed by atoms with van der Waals surface area (Å²) in [6.45, 7) is 5.72. The molecule has 29 heteroatoms. The molecule has 0 saturated carbocycles. The Bertz CT molecular complexity index is 3110. The molecule has 0 fully saturated rings. The number of ether oxygens (including phenoxy) is 1. The standard InChI is InChI=1S/C32H12BF24.C22H22NO3/c34-25(35,36)13-1-14(26(37,38)39)6-21(5-13)33(22-7-15(27(40,41)42)2-16(8-22)28(43,44)45,23-9-17(29(46,47)48)3-18(10-23)30(49,50)51)24-11-19(31(52,53)54)4-20(12-24)32(55,56)57;1-22(2,3)26-21(25)18-10-8-17(9-11-18)20(24)15-23-13-12-16-6-4-5-7-19(16)14-23/h1-12H;4-14H,15H2,1-3H3/q-1;+1. The first-order valence-corrected chi connectivity index (χ1v) is 23.2. The van der Waals surface area contributed by atoms with E-state index in [0.717, 1.165) is 10.8 Å². The molecule has 83 heavy (non-hydrogen) atoms. The number of halogens is 24. The van der Waals surface area contributed by atoms with Crippen LogP contribution in [-0.2, 0) is 60.7 Å². The minimum absolute atomic E-state index is 0.0129. The normalized spacial score (nSPS) is 13.4. The second-order valence-corrected chi connectivity index (χ2v) is 19.5. The Kier molecular flexibility index (Phi) is 17.2. The van der Waals surface area contributed by atoms with E-state index in [9.17, 15) is 115 Å². The number of carbonyl (C=O) groups is 2. The van der Waals surface area contributed by atoms with Crippen molar-refractivity contribution in [2.45, 2.75) is 82.3 Å². The van der Waals surface area contributed by atoms with Crippen molar-refractivity contribution < 1.29 is 124 Å². The molecule has 0 saturated heterocycles. The number of ketones is 1. The lowest BCUT2D eigenvalue weighted by atomic mass is 9.12. The summed E-state index contributed by atoms with van der Waals surface area (Å²) in [6, 6.07) is 7.81. The third-order valence-electron chi connectivity index (χ3n) is 12.4. The third-order valence-corrected chi connectivity index (χ3v) is 12.4. The number of hydrogen-bond acceptors (Lipinski definition) is 3. The molecule has 4 nitrogen and oxygen atoms in total. The molecule has 0 amide bonds. The lowest BCUT2D eigenvalue weighted by Gasteiger charge is -2.46. The number of rotatable bonds is 8. The van der Waals surface area contributed by atoms with Gasteiger partial charge in [0.2, 0.25) is 12.3 Å². The zero-order valence-electron chi connectivity index (χ0n) is 41.8. The van der Waals surface area contributed by atoms with Crippen molar-refractivity contribution in [1.29, 1.82) is 0 Å². The highest BCUT2D eigenvalue weighted by Gasteiger charge is 2.47. The highest BCUT2D eigenvalue weighted by Crippen LogP contribution is 2.41. The number of Topliss-reactive ketones (excluding diaryl/α,β-unsaturated/α-hetero) is 1. The van der Waals surface area contributed by atoms with Crippen LogP contribution in [-0.4, -0.2) is 23.5 Å². The van der Waals surface area contributed by atoms with Gasteiger partial charge in [0.15, 0.2) is 12.4 Å². The van der Waals surface area contributed by atoms with E-state index in [-0.39, 0.29) is 18.3 Å². The molecule has 0 aliphatic rings. The maximum Gasteiger partial charge on any atom is 0.416 e. The molecule has 1 heterocycles. The zero-order chi connectivity index (χ0) is 62.6. The molecule has 1 aromatic heterocycles. The number of nitrogens with zero attached hydrogens (tertiary/aromatic N) is 1. The topological polar surface area (TPSA) is 47.3 Å². The SMILES string of the molecule is CC(C)(C)OC(=O)c1ccc(C(=O)C[n+]2ccc3ccccc3c2)cc1.FC(F)(F)c1cc([B-](c2cc(C(F)(F)F)cc(C(F)(F)F)c2)(c2cc(C(F)(F)F)cc(C(F)(F)F)c2)c2cc(C(F)(F)F)cc(C(F)(F)F)c2)cc(C(F)(F)F)c1. The summed E-state index contributed by atoms with van der Waals surface area (Å²) in [5.74, 6) is -0.401. The lowest BCUT2D eigenvalue weighted by Crippen LogP contribution is -2.75. The Balaban J connectivity index is 0.000000352. The first-order valence-electron chi connectivity index (χ1n) is 23.2. The fourth-order valence-corrected chi connectivity index (χ4v) is 8.73. The predicted molar refractivity (Wildman–Crippen MR) is 250 cm³/mol. The van der Waals surface area contributed by atoms with Crippen molar-refractivity contribution in [3.63, 3.8) is 0 Å². The van der Waals surface area contributed by atoms with Gasteiger partial charge in [0, 0.05) is 17.0 Å². The summed E-state index contributed by atoms with van der Waals surface area (Å²) in [5, 5.41) is 2.22. The van der Waals surface area contributed by atoms with Gasteiger partial charge >= 0.3 is 55.4 Å². The van der Waals surface area contributed by atoms with E-state index in [1.54, 1.807) is 24.3 Å². The Hall–Kier alpha value is -7.75. The van der Waals surface area contributed by atoms with Crippen molar-refractivity contribution in [1.82, 2.24) is 0 Å². The van der Waals surface area contributed by atoms with E-state index in [1.807, 2.05) is 68.1 Å². The van der Waals surface area contributed by atoms with Crippen LogP contribution in [0.5, 0.6) is 0 Å². The van der Waals surface area contributed by atoms with Gasteiger partial charge in [-0.05, 0) is 68.6 Å². The highest BCUT2D eigenvalue weighted by atomic mass is 19.4. The fourth-order valence-electron chi connectivity index (χ4n) is 8.73. The summed E-state index contributed by atoms with van der Waals surface area (Å²) >= 11 is 0.